The molecule has 1 fully saturated rings. The highest BCUT2D eigenvalue weighted by Gasteiger charge is 2.26. The lowest BCUT2D eigenvalue weighted by Gasteiger charge is -2.30. The summed E-state index contributed by atoms with van der Waals surface area (Å²) < 4.78 is 17.4. The van der Waals surface area contributed by atoms with E-state index in [1.54, 1.807) is 7.11 Å². The van der Waals surface area contributed by atoms with Crippen LogP contribution >= 0.6 is 0 Å². The minimum absolute atomic E-state index is 0.303. The third kappa shape index (κ3) is 3.95. The number of piperidine rings is 1. The molecule has 160 valence electrons. The van der Waals surface area contributed by atoms with Crippen molar-refractivity contribution >= 4 is 11.1 Å². The molecule has 1 aliphatic heterocycles. The van der Waals surface area contributed by atoms with Crippen LogP contribution in [0.4, 0.5) is 0 Å². The van der Waals surface area contributed by atoms with Crippen LogP contribution in [-0.2, 0) is 6.54 Å². The summed E-state index contributed by atoms with van der Waals surface area (Å²) in [6, 6.07) is 14.0. The number of hydrogen-bond donors (Lipinski definition) is 0. The van der Waals surface area contributed by atoms with E-state index in [9.17, 15) is 0 Å². The summed E-state index contributed by atoms with van der Waals surface area (Å²) in [4.78, 5) is 12.0. The zero-order valence-corrected chi connectivity index (χ0v) is 18.2. The summed E-state index contributed by atoms with van der Waals surface area (Å²) in [7, 11) is 1.68. The second-order valence-corrected chi connectivity index (χ2v) is 8.30. The summed E-state index contributed by atoms with van der Waals surface area (Å²) >= 11 is 0. The molecule has 5 rings (SSSR count). The number of rotatable bonds is 5. The standard InChI is InChI=1S/C25H27N3O3/c1-16-13-18(10-11-22(16)29-3)24-27-21(17(2)30-24)15-28-12-6-7-19(14-28)25-26-20-8-4-5-9-23(20)31-25/h4-5,8-11,13,19H,6-7,12,14-15H2,1-3H3/t19-/m0/s1. The fourth-order valence-electron chi connectivity index (χ4n) is 4.39. The second-order valence-electron chi connectivity index (χ2n) is 8.30. The molecule has 1 aliphatic rings. The number of aromatic nitrogens is 2. The highest BCUT2D eigenvalue weighted by molar-refractivity contribution is 5.72. The number of ether oxygens (including phenoxy) is 1. The Kier molecular flexibility index (Phi) is 5.24. The lowest BCUT2D eigenvalue weighted by atomic mass is 9.98. The first-order valence-corrected chi connectivity index (χ1v) is 10.8. The third-order valence-electron chi connectivity index (χ3n) is 6.07. The van der Waals surface area contributed by atoms with Gasteiger partial charge >= 0.3 is 0 Å². The maximum atomic E-state index is 6.04. The van der Waals surface area contributed by atoms with Crippen molar-refractivity contribution in [3.8, 4) is 17.2 Å². The van der Waals surface area contributed by atoms with Crippen LogP contribution in [0.15, 0.2) is 51.3 Å². The maximum Gasteiger partial charge on any atom is 0.226 e. The summed E-state index contributed by atoms with van der Waals surface area (Å²) in [6.45, 7) is 6.74. The van der Waals surface area contributed by atoms with Gasteiger partial charge in [0.15, 0.2) is 11.5 Å². The molecule has 0 bridgehead atoms. The van der Waals surface area contributed by atoms with Gasteiger partial charge in [0.1, 0.15) is 17.0 Å². The third-order valence-corrected chi connectivity index (χ3v) is 6.07. The molecule has 0 amide bonds. The highest BCUT2D eigenvalue weighted by Crippen LogP contribution is 2.31. The fraction of sp³-hybridized carbons (Fsp3) is 0.360. The molecule has 0 spiro atoms. The van der Waals surface area contributed by atoms with Crippen molar-refractivity contribution in [3.63, 3.8) is 0 Å². The van der Waals surface area contributed by atoms with Crippen LogP contribution in [0.3, 0.4) is 0 Å². The lowest BCUT2D eigenvalue weighted by Crippen LogP contribution is -2.34. The first-order valence-electron chi connectivity index (χ1n) is 10.8. The molecule has 1 saturated heterocycles. The Morgan fingerprint density at radius 1 is 1.10 bits per heavy atom. The molecular formula is C25H27N3O3. The molecule has 6 heteroatoms. The number of oxazole rings is 2. The molecule has 0 saturated carbocycles. The molecule has 6 nitrogen and oxygen atoms in total. The van der Waals surface area contributed by atoms with Gasteiger partial charge in [0.2, 0.25) is 5.89 Å². The van der Waals surface area contributed by atoms with Crippen LogP contribution in [-0.4, -0.2) is 35.1 Å². The van der Waals surface area contributed by atoms with Crippen LogP contribution < -0.4 is 4.74 Å². The van der Waals surface area contributed by atoms with Gasteiger partial charge in [-0.3, -0.25) is 4.90 Å². The molecule has 0 radical (unpaired) electrons. The number of hydrogen-bond acceptors (Lipinski definition) is 6. The fourth-order valence-corrected chi connectivity index (χ4v) is 4.39. The van der Waals surface area contributed by atoms with Crippen LogP contribution in [0.25, 0.3) is 22.6 Å². The smallest absolute Gasteiger partial charge is 0.226 e. The van der Waals surface area contributed by atoms with Crippen molar-refractivity contribution in [2.75, 3.05) is 20.2 Å². The summed E-state index contributed by atoms with van der Waals surface area (Å²) in [5.41, 5.74) is 4.81. The summed E-state index contributed by atoms with van der Waals surface area (Å²) in [6.07, 6.45) is 2.21. The minimum atomic E-state index is 0.303. The summed E-state index contributed by atoms with van der Waals surface area (Å²) in [5, 5.41) is 0. The van der Waals surface area contributed by atoms with Gasteiger partial charge in [-0.1, -0.05) is 12.1 Å². The first-order chi connectivity index (χ1) is 15.1. The topological polar surface area (TPSA) is 64.5 Å². The van der Waals surface area contributed by atoms with E-state index >= 15 is 0 Å². The van der Waals surface area contributed by atoms with E-state index in [1.165, 1.54) is 0 Å². The number of aryl methyl sites for hydroxylation is 2. The van der Waals surface area contributed by atoms with E-state index in [4.69, 9.17) is 23.5 Å². The number of fused-ring (bicyclic) bond motifs is 1. The molecule has 2 aromatic heterocycles. The Morgan fingerprint density at radius 2 is 1.97 bits per heavy atom. The highest BCUT2D eigenvalue weighted by atomic mass is 16.5. The number of likely N-dealkylation sites (tertiary alicyclic amines) is 1. The van der Waals surface area contributed by atoms with Crippen molar-refractivity contribution in [3.05, 3.63) is 65.4 Å². The van der Waals surface area contributed by atoms with Gasteiger partial charge in [0, 0.05) is 24.6 Å². The average molecular weight is 418 g/mol. The van der Waals surface area contributed by atoms with Crippen LogP contribution in [0, 0.1) is 13.8 Å². The largest absolute Gasteiger partial charge is 0.496 e. The molecule has 0 aliphatic carbocycles. The van der Waals surface area contributed by atoms with Gasteiger partial charge in [0.25, 0.3) is 0 Å². The van der Waals surface area contributed by atoms with E-state index in [0.717, 1.165) is 77.8 Å². The van der Waals surface area contributed by atoms with E-state index in [2.05, 4.69) is 11.0 Å². The second kappa shape index (κ2) is 8.19. The van der Waals surface area contributed by atoms with Crippen LogP contribution in [0.2, 0.25) is 0 Å². The number of methoxy groups -OCH3 is 1. The van der Waals surface area contributed by atoms with Gasteiger partial charge in [-0.25, -0.2) is 9.97 Å². The van der Waals surface area contributed by atoms with Crippen molar-refractivity contribution in [1.82, 2.24) is 14.9 Å². The van der Waals surface area contributed by atoms with Crippen molar-refractivity contribution in [2.24, 2.45) is 0 Å². The quantitative estimate of drug-likeness (QED) is 0.428. The van der Waals surface area contributed by atoms with E-state index in [1.807, 2.05) is 50.2 Å². The Hall–Kier alpha value is -3.12. The zero-order chi connectivity index (χ0) is 21.4. The Labute approximate surface area is 181 Å². The first kappa shape index (κ1) is 19.8. The predicted molar refractivity (Wildman–Crippen MR) is 119 cm³/mol. The van der Waals surface area contributed by atoms with E-state index in [0.29, 0.717) is 11.8 Å². The average Bonchev–Trinajstić information content (AvgIpc) is 3.38. The zero-order valence-electron chi connectivity index (χ0n) is 18.2. The van der Waals surface area contributed by atoms with E-state index in [-0.39, 0.29) is 0 Å². The SMILES string of the molecule is COc1ccc(-c2nc(CN3CCC[C@H](c4nc5ccccc5o4)C3)c(C)o2)cc1C. The molecule has 1 atom stereocenters. The van der Waals surface area contributed by atoms with Gasteiger partial charge < -0.3 is 13.6 Å². The Morgan fingerprint density at radius 3 is 2.77 bits per heavy atom. The Bertz CT molecular complexity index is 1180. The molecule has 2 aromatic carbocycles. The summed E-state index contributed by atoms with van der Waals surface area (Å²) in [5.74, 6) is 3.54. The lowest BCUT2D eigenvalue weighted by molar-refractivity contribution is 0.185. The monoisotopic (exact) mass is 417 g/mol. The predicted octanol–water partition coefficient (Wildman–Crippen LogP) is 5.49. The molecule has 31 heavy (non-hydrogen) atoms. The normalized spacial score (nSPS) is 17.3. The van der Waals surface area contributed by atoms with Gasteiger partial charge in [-0.05, 0) is 69.1 Å². The van der Waals surface area contributed by atoms with Crippen LogP contribution in [0.5, 0.6) is 5.75 Å². The number of nitrogens with zero attached hydrogens (tertiary/aromatic N) is 3. The van der Waals surface area contributed by atoms with Gasteiger partial charge in [-0.15, -0.1) is 0 Å². The van der Waals surface area contributed by atoms with Crippen molar-refractivity contribution in [2.45, 2.75) is 39.2 Å². The molecular weight excluding hydrogens is 390 g/mol. The number of benzene rings is 2. The molecule has 3 heterocycles. The van der Waals surface area contributed by atoms with Crippen molar-refractivity contribution in [1.29, 1.82) is 0 Å². The van der Waals surface area contributed by atoms with Gasteiger partial charge in [-0.2, -0.15) is 0 Å². The number of para-hydroxylation sites is 2. The molecule has 0 unspecified atom stereocenters. The van der Waals surface area contributed by atoms with E-state index < -0.39 is 0 Å². The molecule has 0 N–H and O–H groups in total. The van der Waals surface area contributed by atoms with Crippen LogP contribution in [0.1, 0.15) is 41.7 Å². The van der Waals surface area contributed by atoms with Gasteiger partial charge in [0.05, 0.1) is 12.8 Å². The minimum Gasteiger partial charge on any atom is -0.496 e. The maximum absolute atomic E-state index is 6.04. The Balaban J connectivity index is 1.32. The molecule has 4 aromatic rings. The van der Waals surface area contributed by atoms with Crippen molar-refractivity contribution < 1.29 is 13.6 Å².